The number of ether oxygens (including phenoxy) is 1. The summed E-state index contributed by atoms with van der Waals surface area (Å²) >= 11 is 9.16. The molecule has 0 bridgehead atoms. The van der Waals surface area contributed by atoms with Crippen LogP contribution in [0, 0.1) is 0 Å². The monoisotopic (exact) mass is 499 g/mol. The molecule has 31 heavy (non-hydrogen) atoms. The van der Waals surface area contributed by atoms with Crippen LogP contribution in [-0.2, 0) is 16.0 Å². The number of benzene rings is 3. The predicted molar refractivity (Wildman–Crippen MR) is 122 cm³/mol. The Bertz CT molecular complexity index is 1050. The number of hydrogen-bond donors (Lipinski definition) is 1. The van der Waals surface area contributed by atoms with Crippen LogP contribution in [-0.4, -0.2) is 30.3 Å². The maximum Gasteiger partial charge on any atom is 0.329 e. The summed E-state index contributed by atoms with van der Waals surface area (Å²) in [6.07, 6.45) is 0.233. The number of Topliss-reactive ketones (excluding diaryl/α,β-unsaturated/α-hetero) is 1. The van der Waals surface area contributed by atoms with Crippen molar-refractivity contribution >= 4 is 45.2 Å². The number of hydrogen-bond acceptors (Lipinski definition) is 4. The Kier molecular flexibility index (Phi) is 7.98. The van der Waals surface area contributed by atoms with E-state index in [0.29, 0.717) is 16.1 Å². The smallest absolute Gasteiger partial charge is 0.329 e. The zero-order valence-electron chi connectivity index (χ0n) is 16.4. The van der Waals surface area contributed by atoms with Crippen molar-refractivity contribution in [3.8, 4) is 0 Å². The average Bonchev–Trinajstić information content (AvgIpc) is 2.78. The lowest BCUT2D eigenvalue weighted by atomic mass is 10.1. The fourth-order valence-corrected chi connectivity index (χ4v) is 3.23. The van der Waals surface area contributed by atoms with Gasteiger partial charge in [-0.15, -0.1) is 0 Å². The standard InChI is InChI=1S/C24H19BrClNO4/c25-19-10-6-18(7-11-19)23(29)27-21(14-16-4-2-1-3-5-16)24(30)31-15-22(28)17-8-12-20(26)13-9-17/h1-13,21H,14-15H2,(H,27,29)/t21-/m0/s1. The molecule has 0 saturated carbocycles. The summed E-state index contributed by atoms with van der Waals surface area (Å²) in [7, 11) is 0. The molecule has 0 fully saturated rings. The van der Waals surface area contributed by atoms with Crippen molar-refractivity contribution in [3.05, 3.63) is 105 Å². The summed E-state index contributed by atoms with van der Waals surface area (Å²) in [6.45, 7) is -0.431. The largest absolute Gasteiger partial charge is 0.456 e. The molecule has 0 spiro atoms. The molecule has 0 aromatic heterocycles. The zero-order chi connectivity index (χ0) is 22.2. The predicted octanol–water partition coefficient (Wildman–Crippen LogP) is 4.87. The Morgan fingerprint density at radius 3 is 2.13 bits per heavy atom. The van der Waals surface area contributed by atoms with Crippen LogP contribution in [0.1, 0.15) is 26.3 Å². The molecule has 0 aliphatic heterocycles. The van der Waals surface area contributed by atoms with E-state index in [0.717, 1.165) is 10.0 Å². The van der Waals surface area contributed by atoms with Gasteiger partial charge in [0.1, 0.15) is 6.04 Å². The lowest BCUT2D eigenvalue weighted by molar-refractivity contribution is -0.144. The lowest BCUT2D eigenvalue weighted by Gasteiger charge is -2.18. The Balaban J connectivity index is 1.69. The highest BCUT2D eigenvalue weighted by molar-refractivity contribution is 9.10. The van der Waals surface area contributed by atoms with Crippen molar-refractivity contribution in [2.24, 2.45) is 0 Å². The van der Waals surface area contributed by atoms with E-state index in [9.17, 15) is 14.4 Å². The first-order chi connectivity index (χ1) is 14.9. The van der Waals surface area contributed by atoms with Crippen molar-refractivity contribution < 1.29 is 19.1 Å². The zero-order valence-corrected chi connectivity index (χ0v) is 18.7. The van der Waals surface area contributed by atoms with Crippen LogP contribution >= 0.6 is 27.5 Å². The van der Waals surface area contributed by atoms with Crippen LogP contribution < -0.4 is 5.32 Å². The summed E-state index contributed by atoms with van der Waals surface area (Å²) in [6, 6.07) is 21.4. The average molecular weight is 501 g/mol. The third kappa shape index (κ3) is 6.77. The van der Waals surface area contributed by atoms with Gasteiger partial charge in [-0.3, -0.25) is 9.59 Å². The number of carbonyl (C=O) groups is 3. The van der Waals surface area contributed by atoms with Crippen molar-refractivity contribution in [2.75, 3.05) is 6.61 Å². The molecule has 1 amide bonds. The number of halogens is 2. The first-order valence-corrected chi connectivity index (χ1v) is 10.7. The molecule has 3 aromatic carbocycles. The van der Waals surface area contributed by atoms with Crippen LogP contribution in [0.15, 0.2) is 83.3 Å². The van der Waals surface area contributed by atoms with Gasteiger partial charge >= 0.3 is 5.97 Å². The molecule has 0 unspecified atom stereocenters. The van der Waals surface area contributed by atoms with E-state index in [1.54, 1.807) is 48.5 Å². The van der Waals surface area contributed by atoms with Gasteiger partial charge in [0, 0.05) is 27.0 Å². The molecule has 7 heteroatoms. The summed E-state index contributed by atoms with van der Waals surface area (Å²) in [5.74, 6) is -1.45. The maximum atomic E-state index is 12.7. The molecule has 158 valence electrons. The second kappa shape index (κ2) is 10.9. The highest BCUT2D eigenvalue weighted by Crippen LogP contribution is 2.13. The van der Waals surface area contributed by atoms with Crippen molar-refractivity contribution in [1.82, 2.24) is 5.32 Å². The Hall–Kier alpha value is -2.96. The summed E-state index contributed by atoms with van der Waals surface area (Å²) < 4.78 is 6.07. The number of nitrogens with one attached hydrogen (secondary N) is 1. The first-order valence-electron chi connectivity index (χ1n) is 9.48. The molecule has 0 heterocycles. The Morgan fingerprint density at radius 2 is 1.48 bits per heavy atom. The normalized spacial score (nSPS) is 11.4. The van der Waals surface area contributed by atoms with Crippen molar-refractivity contribution in [2.45, 2.75) is 12.5 Å². The number of ketones is 1. The number of amides is 1. The molecule has 0 saturated heterocycles. The third-order valence-corrected chi connectivity index (χ3v) is 5.27. The van der Waals surface area contributed by atoms with E-state index >= 15 is 0 Å². The van der Waals surface area contributed by atoms with Gasteiger partial charge in [-0.05, 0) is 54.1 Å². The molecular weight excluding hydrogens is 482 g/mol. The van der Waals surface area contributed by atoms with E-state index < -0.39 is 24.5 Å². The number of rotatable bonds is 8. The Morgan fingerprint density at radius 1 is 0.871 bits per heavy atom. The highest BCUT2D eigenvalue weighted by atomic mass is 79.9. The van der Waals surface area contributed by atoms with E-state index in [2.05, 4.69) is 21.2 Å². The number of carbonyl (C=O) groups excluding carboxylic acids is 3. The molecule has 1 atom stereocenters. The minimum Gasteiger partial charge on any atom is -0.456 e. The van der Waals surface area contributed by atoms with E-state index in [4.69, 9.17) is 16.3 Å². The number of esters is 1. The molecule has 0 aliphatic rings. The van der Waals surface area contributed by atoms with Crippen molar-refractivity contribution in [1.29, 1.82) is 0 Å². The lowest BCUT2D eigenvalue weighted by Crippen LogP contribution is -2.43. The second-order valence-electron chi connectivity index (χ2n) is 6.76. The fraction of sp³-hybridized carbons (Fsp3) is 0.125. The van der Waals surface area contributed by atoms with Gasteiger partial charge in [0.25, 0.3) is 5.91 Å². The fourth-order valence-electron chi connectivity index (χ4n) is 2.84. The van der Waals surface area contributed by atoms with Gasteiger partial charge < -0.3 is 10.1 Å². The quantitative estimate of drug-likeness (QED) is 0.354. The third-order valence-electron chi connectivity index (χ3n) is 4.49. The SMILES string of the molecule is O=C(COC(=O)[C@H](Cc1ccccc1)NC(=O)c1ccc(Br)cc1)c1ccc(Cl)cc1. The minimum absolute atomic E-state index is 0.233. The highest BCUT2D eigenvalue weighted by Gasteiger charge is 2.24. The van der Waals surface area contributed by atoms with Crippen LogP contribution in [0.25, 0.3) is 0 Å². The Labute approximate surface area is 193 Å². The van der Waals surface area contributed by atoms with Gasteiger partial charge in [-0.2, -0.15) is 0 Å². The molecular formula is C24H19BrClNO4. The first kappa shape index (κ1) is 22.7. The van der Waals surface area contributed by atoms with Gasteiger partial charge in [0.15, 0.2) is 12.4 Å². The van der Waals surface area contributed by atoms with E-state index in [1.807, 2.05) is 30.3 Å². The van der Waals surface area contributed by atoms with Crippen LogP contribution in [0.4, 0.5) is 0 Å². The van der Waals surface area contributed by atoms with Crippen LogP contribution in [0.2, 0.25) is 5.02 Å². The summed E-state index contributed by atoms with van der Waals surface area (Å²) in [5, 5.41) is 3.22. The van der Waals surface area contributed by atoms with Crippen LogP contribution in [0.5, 0.6) is 0 Å². The van der Waals surface area contributed by atoms with E-state index in [-0.39, 0.29) is 12.2 Å². The summed E-state index contributed by atoms with van der Waals surface area (Å²) in [4.78, 5) is 37.7. The molecule has 3 rings (SSSR count). The topological polar surface area (TPSA) is 72.5 Å². The minimum atomic E-state index is -0.948. The molecule has 0 radical (unpaired) electrons. The second-order valence-corrected chi connectivity index (χ2v) is 8.11. The molecule has 0 aliphatic carbocycles. The van der Waals surface area contributed by atoms with E-state index in [1.165, 1.54) is 0 Å². The maximum absolute atomic E-state index is 12.7. The molecule has 1 N–H and O–H groups in total. The van der Waals surface area contributed by atoms with Gasteiger partial charge in [-0.25, -0.2) is 4.79 Å². The van der Waals surface area contributed by atoms with Gasteiger partial charge in [-0.1, -0.05) is 57.9 Å². The van der Waals surface area contributed by atoms with Crippen LogP contribution in [0.3, 0.4) is 0 Å². The van der Waals surface area contributed by atoms with Gasteiger partial charge in [0.2, 0.25) is 0 Å². The summed E-state index contributed by atoms with van der Waals surface area (Å²) in [5.41, 5.74) is 1.64. The molecule has 5 nitrogen and oxygen atoms in total. The van der Waals surface area contributed by atoms with Crippen molar-refractivity contribution in [3.63, 3.8) is 0 Å². The van der Waals surface area contributed by atoms with Gasteiger partial charge in [0.05, 0.1) is 0 Å². The molecule has 3 aromatic rings.